The fourth-order valence-corrected chi connectivity index (χ4v) is 4.85. The fraction of sp³-hybridized carbons (Fsp3) is 1.00. The number of nitrogens with zero attached hydrogens (tertiary/aromatic N) is 2. The first-order valence-corrected chi connectivity index (χ1v) is 9.62. The van der Waals surface area contributed by atoms with Crippen LogP contribution in [0.25, 0.3) is 0 Å². The van der Waals surface area contributed by atoms with Crippen LogP contribution in [0.4, 0.5) is 0 Å². The van der Waals surface area contributed by atoms with Crippen molar-refractivity contribution in [3.05, 3.63) is 0 Å². The largest absolute Gasteiger partial charge is 0.329 e. The Morgan fingerprint density at radius 3 is 2.52 bits per heavy atom. The summed E-state index contributed by atoms with van der Waals surface area (Å²) in [5.74, 6) is 0.649. The van der Waals surface area contributed by atoms with Gasteiger partial charge in [0.15, 0.2) is 0 Å². The van der Waals surface area contributed by atoms with Gasteiger partial charge in [0.1, 0.15) is 0 Å². The summed E-state index contributed by atoms with van der Waals surface area (Å²) in [4.78, 5) is 2.33. The predicted octanol–water partition coefficient (Wildman–Crippen LogP) is 0.366. The van der Waals surface area contributed by atoms with Crippen LogP contribution in [0, 0.1) is 5.92 Å². The number of hydrogen-bond donors (Lipinski definition) is 2. The molecule has 0 radical (unpaired) electrons. The van der Waals surface area contributed by atoms with E-state index in [1.165, 1.54) is 12.8 Å². The lowest BCUT2D eigenvalue weighted by Crippen LogP contribution is -2.51. The molecule has 0 aliphatic carbocycles. The second-order valence-electron chi connectivity index (χ2n) is 6.43. The van der Waals surface area contributed by atoms with Crippen molar-refractivity contribution in [2.24, 2.45) is 11.7 Å². The molecule has 2 heterocycles. The number of nitrogens with two attached hydrogens (primary N) is 1. The molecule has 2 saturated heterocycles. The van der Waals surface area contributed by atoms with E-state index < -0.39 is 10.2 Å². The van der Waals surface area contributed by atoms with Gasteiger partial charge in [0, 0.05) is 25.7 Å². The topological polar surface area (TPSA) is 78.7 Å². The van der Waals surface area contributed by atoms with Gasteiger partial charge in [-0.15, -0.1) is 0 Å². The highest BCUT2D eigenvalue weighted by atomic mass is 32.2. The zero-order valence-electron chi connectivity index (χ0n) is 13.1. The molecule has 0 bridgehead atoms. The smallest absolute Gasteiger partial charge is 0.279 e. The third-order valence-corrected chi connectivity index (χ3v) is 6.50. The molecule has 1 atom stereocenters. The Morgan fingerprint density at radius 1 is 1.14 bits per heavy atom. The van der Waals surface area contributed by atoms with Crippen LogP contribution in [0.1, 0.15) is 38.5 Å². The normalized spacial score (nSPS) is 27.0. The lowest BCUT2D eigenvalue weighted by molar-refractivity contribution is 0.212. The minimum absolute atomic E-state index is 0.0282. The van der Waals surface area contributed by atoms with Crippen molar-refractivity contribution in [2.75, 3.05) is 39.8 Å². The minimum atomic E-state index is -3.36. The summed E-state index contributed by atoms with van der Waals surface area (Å²) in [6, 6.07) is -0.0282. The van der Waals surface area contributed by atoms with E-state index >= 15 is 0 Å². The number of hydrogen-bond acceptors (Lipinski definition) is 4. The Bertz CT molecular complexity index is 407. The third-order valence-electron chi connectivity index (χ3n) is 4.83. The third kappa shape index (κ3) is 4.89. The second kappa shape index (κ2) is 7.87. The van der Waals surface area contributed by atoms with E-state index in [1.54, 1.807) is 4.31 Å². The van der Waals surface area contributed by atoms with Crippen molar-refractivity contribution < 1.29 is 8.42 Å². The van der Waals surface area contributed by atoms with Crippen LogP contribution >= 0.6 is 0 Å². The Labute approximate surface area is 129 Å². The van der Waals surface area contributed by atoms with Crippen molar-refractivity contribution in [3.8, 4) is 0 Å². The molecule has 7 heteroatoms. The standard InChI is InChI=1S/C14H30N4O2S/c1-17-10-6-13(7-11-17)5-8-16-21(19,20)18-9-3-2-4-14(18)12-15/h13-14,16H,2-12,15H2,1H3. The highest BCUT2D eigenvalue weighted by molar-refractivity contribution is 7.87. The maximum Gasteiger partial charge on any atom is 0.279 e. The Kier molecular flexibility index (Phi) is 6.43. The second-order valence-corrected chi connectivity index (χ2v) is 8.14. The van der Waals surface area contributed by atoms with Crippen molar-refractivity contribution in [1.82, 2.24) is 13.9 Å². The molecule has 124 valence electrons. The molecule has 6 nitrogen and oxygen atoms in total. The van der Waals surface area contributed by atoms with Crippen LogP contribution in [0.3, 0.4) is 0 Å². The fourth-order valence-electron chi connectivity index (χ4n) is 3.35. The maximum atomic E-state index is 12.4. The SMILES string of the molecule is CN1CCC(CCNS(=O)(=O)N2CCCCC2CN)CC1. The summed E-state index contributed by atoms with van der Waals surface area (Å²) in [6.07, 6.45) is 6.18. The zero-order chi connectivity index (χ0) is 15.3. The monoisotopic (exact) mass is 318 g/mol. The van der Waals surface area contributed by atoms with Crippen LogP contribution in [-0.4, -0.2) is 63.4 Å². The number of likely N-dealkylation sites (tertiary alicyclic amines) is 1. The zero-order valence-corrected chi connectivity index (χ0v) is 13.9. The maximum absolute atomic E-state index is 12.4. The van der Waals surface area contributed by atoms with Gasteiger partial charge in [-0.1, -0.05) is 6.42 Å². The van der Waals surface area contributed by atoms with Crippen LogP contribution < -0.4 is 10.5 Å². The van der Waals surface area contributed by atoms with Gasteiger partial charge in [0.2, 0.25) is 0 Å². The van der Waals surface area contributed by atoms with Crippen molar-refractivity contribution >= 4 is 10.2 Å². The molecule has 2 fully saturated rings. The number of piperidine rings is 2. The van der Waals surface area contributed by atoms with Gasteiger partial charge in [0.05, 0.1) is 0 Å². The van der Waals surface area contributed by atoms with E-state index in [9.17, 15) is 8.42 Å². The predicted molar refractivity (Wildman–Crippen MR) is 85.2 cm³/mol. The molecule has 2 aliphatic heterocycles. The first-order chi connectivity index (χ1) is 10.0. The molecule has 2 aliphatic rings. The number of rotatable bonds is 6. The van der Waals surface area contributed by atoms with E-state index in [-0.39, 0.29) is 6.04 Å². The summed E-state index contributed by atoms with van der Waals surface area (Å²) >= 11 is 0. The van der Waals surface area contributed by atoms with E-state index in [0.717, 1.165) is 38.8 Å². The summed E-state index contributed by atoms with van der Waals surface area (Å²) in [5.41, 5.74) is 5.71. The van der Waals surface area contributed by atoms with Crippen molar-refractivity contribution in [1.29, 1.82) is 0 Å². The first kappa shape index (κ1) is 17.1. The Morgan fingerprint density at radius 2 is 1.86 bits per heavy atom. The average molecular weight is 318 g/mol. The van der Waals surface area contributed by atoms with Crippen LogP contribution in [0.5, 0.6) is 0 Å². The summed E-state index contributed by atoms with van der Waals surface area (Å²) in [7, 11) is -1.22. The molecule has 3 N–H and O–H groups in total. The summed E-state index contributed by atoms with van der Waals surface area (Å²) < 4.78 is 29.2. The molecule has 0 aromatic heterocycles. The molecular weight excluding hydrogens is 288 g/mol. The molecule has 21 heavy (non-hydrogen) atoms. The molecule has 0 saturated carbocycles. The quantitative estimate of drug-likeness (QED) is 0.741. The summed E-state index contributed by atoms with van der Waals surface area (Å²) in [6.45, 7) is 3.81. The molecule has 2 rings (SSSR count). The van der Waals surface area contributed by atoms with Gasteiger partial charge < -0.3 is 10.6 Å². The van der Waals surface area contributed by atoms with E-state index in [4.69, 9.17) is 5.73 Å². The van der Waals surface area contributed by atoms with Crippen molar-refractivity contribution in [3.63, 3.8) is 0 Å². The van der Waals surface area contributed by atoms with Gasteiger partial charge in [0.25, 0.3) is 10.2 Å². The molecule has 0 aromatic carbocycles. The van der Waals surface area contributed by atoms with Crippen molar-refractivity contribution in [2.45, 2.75) is 44.6 Å². The summed E-state index contributed by atoms with van der Waals surface area (Å²) in [5, 5.41) is 0. The lowest BCUT2D eigenvalue weighted by atomic mass is 9.94. The molecule has 0 spiro atoms. The minimum Gasteiger partial charge on any atom is -0.329 e. The van der Waals surface area contributed by atoms with Crippen LogP contribution in [0.15, 0.2) is 0 Å². The Balaban J connectivity index is 1.78. The molecule has 1 unspecified atom stereocenters. The Hall–Kier alpha value is -0.210. The first-order valence-electron chi connectivity index (χ1n) is 8.18. The molecule has 0 aromatic rings. The highest BCUT2D eigenvalue weighted by Gasteiger charge is 2.31. The van der Waals surface area contributed by atoms with Crippen LogP contribution in [-0.2, 0) is 10.2 Å². The highest BCUT2D eigenvalue weighted by Crippen LogP contribution is 2.21. The van der Waals surface area contributed by atoms with E-state index in [2.05, 4.69) is 16.7 Å². The number of nitrogens with one attached hydrogen (secondary N) is 1. The average Bonchev–Trinajstić information content (AvgIpc) is 2.49. The molecule has 0 amide bonds. The van der Waals surface area contributed by atoms with Gasteiger partial charge >= 0.3 is 0 Å². The van der Waals surface area contributed by atoms with Gasteiger partial charge in [-0.25, -0.2) is 4.72 Å². The van der Waals surface area contributed by atoms with E-state index in [1.807, 2.05) is 0 Å². The van der Waals surface area contributed by atoms with Gasteiger partial charge in [-0.2, -0.15) is 12.7 Å². The van der Waals surface area contributed by atoms with Gasteiger partial charge in [-0.05, 0) is 58.2 Å². The molecular formula is C14H30N4O2S. The van der Waals surface area contributed by atoms with E-state index in [0.29, 0.717) is 25.6 Å². The van der Waals surface area contributed by atoms with Gasteiger partial charge in [-0.3, -0.25) is 0 Å². The van der Waals surface area contributed by atoms with Crippen LogP contribution in [0.2, 0.25) is 0 Å². The lowest BCUT2D eigenvalue weighted by Gasteiger charge is -2.34.